The van der Waals surface area contributed by atoms with E-state index in [0.29, 0.717) is 30.1 Å². The number of thioether (sulfide) groups is 1. The summed E-state index contributed by atoms with van der Waals surface area (Å²) in [5.41, 5.74) is 0. The fourth-order valence-electron chi connectivity index (χ4n) is 3.47. The van der Waals surface area contributed by atoms with Gasteiger partial charge in [-0.25, -0.2) is 8.42 Å². The van der Waals surface area contributed by atoms with Crippen LogP contribution >= 0.6 is 11.8 Å². The van der Waals surface area contributed by atoms with Crippen molar-refractivity contribution in [2.75, 3.05) is 24.3 Å². The molecule has 23 heavy (non-hydrogen) atoms. The molecule has 0 radical (unpaired) electrons. The first kappa shape index (κ1) is 17.4. The van der Waals surface area contributed by atoms with E-state index < -0.39 is 9.84 Å². The van der Waals surface area contributed by atoms with Gasteiger partial charge in [-0.15, -0.1) is 0 Å². The lowest BCUT2D eigenvalue weighted by Crippen LogP contribution is -2.46. The lowest BCUT2D eigenvalue weighted by molar-refractivity contribution is 0.418. The van der Waals surface area contributed by atoms with Crippen molar-refractivity contribution in [3.63, 3.8) is 0 Å². The monoisotopic (exact) mass is 359 g/mol. The Morgan fingerprint density at radius 1 is 1.13 bits per heavy atom. The molecule has 3 rings (SSSR count). The van der Waals surface area contributed by atoms with E-state index in [1.54, 1.807) is 0 Å². The van der Waals surface area contributed by atoms with Crippen molar-refractivity contribution in [3.8, 4) is 0 Å². The van der Waals surface area contributed by atoms with Crippen LogP contribution in [0.4, 0.5) is 0 Å². The number of hydrogen-bond acceptors (Lipinski definition) is 4. The van der Waals surface area contributed by atoms with Crippen LogP contribution in [0.25, 0.3) is 0 Å². The Morgan fingerprint density at radius 2 is 1.91 bits per heavy atom. The van der Waals surface area contributed by atoms with Gasteiger partial charge < -0.3 is 10.6 Å². The third-order valence-electron chi connectivity index (χ3n) is 5.05. The molecular weight excluding hydrogens is 330 g/mol. The Morgan fingerprint density at radius 3 is 2.57 bits per heavy atom. The van der Waals surface area contributed by atoms with Crippen LogP contribution in [-0.2, 0) is 9.84 Å². The van der Waals surface area contributed by atoms with Crippen molar-refractivity contribution in [1.29, 1.82) is 0 Å². The van der Waals surface area contributed by atoms with Crippen molar-refractivity contribution >= 4 is 27.6 Å². The summed E-state index contributed by atoms with van der Waals surface area (Å²) in [6.07, 6.45) is 10.4. The SMILES string of the molecule is CSC1CCCC(NC(=NCC2CCS(=O)(=O)C2)NC2CC2)C1. The number of rotatable bonds is 5. The molecule has 2 aliphatic carbocycles. The zero-order valence-corrected chi connectivity index (χ0v) is 15.6. The third-order valence-corrected chi connectivity index (χ3v) is 7.98. The van der Waals surface area contributed by atoms with Crippen molar-refractivity contribution < 1.29 is 8.42 Å². The summed E-state index contributed by atoms with van der Waals surface area (Å²) in [4.78, 5) is 4.72. The molecule has 1 saturated heterocycles. The summed E-state index contributed by atoms with van der Waals surface area (Å²) in [6, 6.07) is 1.06. The van der Waals surface area contributed by atoms with Gasteiger partial charge in [-0.2, -0.15) is 11.8 Å². The van der Waals surface area contributed by atoms with Gasteiger partial charge in [0, 0.05) is 23.9 Å². The van der Waals surface area contributed by atoms with E-state index in [1.807, 2.05) is 11.8 Å². The van der Waals surface area contributed by atoms with Gasteiger partial charge in [0.15, 0.2) is 15.8 Å². The van der Waals surface area contributed by atoms with Crippen LogP contribution in [0, 0.1) is 5.92 Å². The second kappa shape index (κ2) is 7.64. The predicted octanol–water partition coefficient (Wildman–Crippen LogP) is 1.79. The smallest absolute Gasteiger partial charge is 0.191 e. The highest BCUT2D eigenvalue weighted by Gasteiger charge is 2.29. The summed E-state index contributed by atoms with van der Waals surface area (Å²) in [5.74, 6) is 1.75. The van der Waals surface area contributed by atoms with Gasteiger partial charge >= 0.3 is 0 Å². The van der Waals surface area contributed by atoms with Crippen molar-refractivity contribution in [1.82, 2.24) is 10.6 Å². The predicted molar refractivity (Wildman–Crippen MR) is 97.9 cm³/mol. The number of guanidine groups is 1. The van der Waals surface area contributed by atoms with E-state index in [2.05, 4.69) is 16.9 Å². The number of nitrogens with zero attached hydrogens (tertiary/aromatic N) is 1. The quantitative estimate of drug-likeness (QED) is 0.578. The molecule has 3 unspecified atom stereocenters. The molecule has 0 bridgehead atoms. The van der Waals surface area contributed by atoms with E-state index >= 15 is 0 Å². The molecule has 5 nitrogen and oxygen atoms in total. The molecule has 1 heterocycles. The van der Waals surface area contributed by atoms with Gasteiger partial charge in [0.1, 0.15) is 0 Å². The molecule has 2 N–H and O–H groups in total. The maximum Gasteiger partial charge on any atom is 0.191 e. The number of sulfone groups is 1. The second-order valence-electron chi connectivity index (χ2n) is 7.24. The molecule has 0 aromatic rings. The molecule has 0 spiro atoms. The molecule has 3 atom stereocenters. The Bertz CT molecular complexity index is 531. The second-order valence-corrected chi connectivity index (χ2v) is 10.6. The van der Waals surface area contributed by atoms with Crippen LogP contribution < -0.4 is 10.6 Å². The standard InChI is InChI=1S/C16H29N3O2S2/c1-22-15-4-2-3-14(9-15)19-16(18-13-5-6-13)17-10-12-7-8-23(20,21)11-12/h12-15H,2-11H2,1H3,(H2,17,18,19). The molecule has 0 amide bonds. The lowest BCUT2D eigenvalue weighted by Gasteiger charge is -2.30. The van der Waals surface area contributed by atoms with E-state index in [1.165, 1.54) is 38.5 Å². The Hall–Kier alpha value is -0.430. The largest absolute Gasteiger partial charge is 0.354 e. The number of nitrogens with one attached hydrogen (secondary N) is 2. The summed E-state index contributed by atoms with van der Waals surface area (Å²) in [7, 11) is -2.80. The fourth-order valence-corrected chi connectivity index (χ4v) is 6.15. The highest BCUT2D eigenvalue weighted by molar-refractivity contribution is 7.99. The summed E-state index contributed by atoms with van der Waals surface area (Å²) in [5, 5.41) is 7.86. The fraction of sp³-hybridized carbons (Fsp3) is 0.938. The van der Waals surface area contributed by atoms with Crippen molar-refractivity contribution in [2.45, 2.75) is 62.3 Å². The summed E-state index contributed by atoms with van der Waals surface area (Å²) in [6.45, 7) is 0.625. The minimum Gasteiger partial charge on any atom is -0.354 e. The van der Waals surface area contributed by atoms with Crippen LogP contribution in [0.1, 0.15) is 44.9 Å². The van der Waals surface area contributed by atoms with Crippen LogP contribution in [-0.4, -0.2) is 56.0 Å². The minimum absolute atomic E-state index is 0.197. The van der Waals surface area contributed by atoms with Gasteiger partial charge in [0.2, 0.25) is 0 Å². The van der Waals surface area contributed by atoms with E-state index in [0.717, 1.165) is 17.6 Å². The first-order chi connectivity index (χ1) is 11.0. The third kappa shape index (κ3) is 5.55. The molecule has 7 heteroatoms. The van der Waals surface area contributed by atoms with E-state index in [-0.39, 0.29) is 5.92 Å². The average molecular weight is 360 g/mol. The van der Waals surface area contributed by atoms with Gasteiger partial charge in [-0.3, -0.25) is 4.99 Å². The van der Waals surface area contributed by atoms with Gasteiger partial charge in [-0.1, -0.05) is 6.42 Å². The molecule has 0 aromatic carbocycles. The highest BCUT2D eigenvalue weighted by Crippen LogP contribution is 2.27. The van der Waals surface area contributed by atoms with E-state index in [9.17, 15) is 8.42 Å². The summed E-state index contributed by atoms with van der Waals surface area (Å²) < 4.78 is 23.2. The van der Waals surface area contributed by atoms with Gasteiger partial charge in [0.25, 0.3) is 0 Å². The molecule has 3 fully saturated rings. The Labute approximate surface area is 144 Å². The Kier molecular flexibility index (Phi) is 5.78. The number of hydrogen-bond donors (Lipinski definition) is 2. The molecule has 132 valence electrons. The topological polar surface area (TPSA) is 70.6 Å². The maximum atomic E-state index is 11.6. The minimum atomic E-state index is -2.80. The molecular formula is C16H29N3O2S2. The highest BCUT2D eigenvalue weighted by atomic mass is 32.2. The lowest BCUT2D eigenvalue weighted by atomic mass is 9.95. The maximum absolute atomic E-state index is 11.6. The normalized spacial score (nSPS) is 34.3. The first-order valence-electron chi connectivity index (χ1n) is 8.85. The molecule has 3 aliphatic rings. The van der Waals surface area contributed by atoms with Crippen LogP contribution in [0.3, 0.4) is 0 Å². The number of aliphatic imine (C=N–C) groups is 1. The van der Waals surface area contributed by atoms with Crippen molar-refractivity contribution in [3.05, 3.63) is 0 Å². The van der Waals surface area contributed by atoms with Crippen LogP contribution in [0.5, 0.6) is 0 Å². The van der Waals surface area contributed by atoms with E-state index in [4.69, 9.17) is 4.99 Å². The molecule has 2 saturated carbocycles. The molecule has 0 aromatic heterocycles. The first-order valence-corrected chi connectivity index (χ1v) is 12.0. The van der Waals surface area contributed by atoms with Crippen molar-refractivity contribution in [2.24, 2.45) is 10.9 Å². The van der Waals surface area contributed by atoms with Gasteiger partial charge in [0.05, 0.1) is 11.5 Å². The zero-order chi connectivity index (χ0) is 16.3. The summed E-state index contributed by atoms with van der Waals surface area (Å²) >= 11 is 1.97. The van der Waals surface area contributed by atoms with Crippen LogP contribution in [0.2, 0.25) is 0 Å². The average Bonchev–Trinajstić information content (AvgIpc) is 3.27. The molecule has 1 aliphatic heterocycles. The Balaban J connectivity index is 1.55. The zero-order valence-electron chi connectivity index (χ0n) is 14.0. The van der Waals surface area contributed by atoms with Crippen LogP contribution in [0.15, 0.2) is 4.99 Å². The van der Waals surface area contributed by atoms with Gasteiger partial charge in [-0.05, 0) is 50.7 Å².